The van der Waals surface area contributed by atoms with E-state index in [1.165, 1.54) is 9.54 Å². The van der Waals surface area contributed by atoms with Crippen LogP contribution in [0.4, 0.5) is 4.79 Å². The third-order valence-electron chi connectivity index (χ3n) is 6.21. The lowest BCUT2D eigenvalue weighted by atomic mass is 9.85. The molecular formula is C25H29ClN2O4S. The van der Waals surface area contributed by atoms with Crippen molar-refractivity contribution in [2.24, 2.45) is 0 Å². The van der Waals surface area contributed by atoms with E-state index in [1.54, 1.807) is 42.3 Å². The number of halogens is 1. The number of carbonyl (C=O) groups excluding carboxylic acids is 1. The number of nitrogens with zero attached hydrogens (tertiary/aromatic N) is 2. The zero-order valence-electron chi connectivity index (χ0n) is 19.1. The molecule has 0 fully saturated rings. The Bertz CT molecular complexity index is 1270. The van der Waals surface area contributed by atoms with Gasteiger partial charge in [-0.25, -0.2) is 17.2 Å². The van der Waals surface area contributed by atoms with Crippen LogP contribution in [0.15, 0.2) is 53.6 Å². The molecule has 1 heterocycles. The van der Waals surface area contributed by atoms with E-state index >= 15 is 0 Å². The zero-order chi connectivity index (χ0) is 23.8. The van der Waals surface area contributed by atoms with Gasteiger partial charge in [-0.15, -0.1) is 0 Å². The quantitative estimate of drug-likeness (QED) is 0.431. The number of ether oxygens (including phenoxy) is 1. The van der Waals surface area contributed by atoms with Crippen LogP contribution in [0.25, 0.3) is 10.9 Å². The molecule has 176 valence electrons. The van der Waals surface area contributed by atoms with Gasteiger partial charge in [-0.3, -0.25) is 0 Å². The number of carbonyl (C=O) groups is 1. The highest BCUT2D eigenvalue weighted by Crippen LogP contribution is 2.33. The average Bonchev–Trinajstić information content (AvgIpc) is 3.22. The fourth-order valence-electron chi connectivity index (χ4n) is 4.60. The van der Waals surface area contributed by atoms with E-state index in [0.717, 1.165) is 35.8 Å². The van der Waals surface area contributed by atoms with Crippen molar-refractivity contribution in [3.8, 4) is 0 Å². The first-order chi connectivity index (χ1) is 15.7. The average molecular weight is 489 g/mol. The van der Waals surface area contributed by atoms with Gasteiger partial charge in [0.15, 0.2) is 5.56 Å². The molecule has 0 spiro atoms. The van der Waals surface area contributed by atoms with E-state index in [9.17, 15) is 13.2 Å². The number of rotatable bonds is 6. The van der Waals surface area contributed by atoms with E-state index < -0.39 is 21.7 Å². The summed E-state index contributed by atoms with van der Waals surface area (Å²) in [7, 11) is -3.71. The molecule has 0 N–H and O–H groups in total. The summed E-state index contributed by atoms with van der Waals surface area (Å²) in [5, 5.41) is 0.906. The molecule has 1 amide bonds. The number of amides is 1. The Kier molecular flexibility index (Phi) is 6.73. The van der Waals surface area contributed by atoms with Crippen LogP contribution in [-0.4, -0.2) is 41.5 Å². The molecule has 33 heavy (non-hydrogen) atoms. The first-order valence-electron chi connectivity index (χ1n) is 11.3. The Balaban J connectivity index is 1.70. The molecule has 2 atom stereocenters. The summed E-state index contributed by atoms with van der Waals surface area (Å²) in [6.45, 7) is 6.16. The predicted octanol–water partition coefficient (Wildman–Crippen LogP) is 5.48. The number of aromatic nitrogens is 1. The van der Waals surface area contributed by atoms with Gasteiger partial charge in [0.25, 0.3) is 10.0 Å². The molecule has 6 nitrogen and oxygen atoms in total. The van der Waals surface area contributed by atoms with E-state index in [0.29, 0.717) is 18.5 Å². The van der Waals surface area contributed by atoms with Gasteiger partial charge in [0.05, 0.1) is 10.4 Å². The molecule has 1 aliphatic carbocycles. The fraction of sp³-hybridized carbons (Fsp3) is 0.400. The van der Waals surface area contributed by atoms with E-state index in [-0.39, 0.29) is 10.9 Å². The second-order valence-corrected chi connectivity index (χ2v) is 11.0. The molecule has 0 radical (unpaired) electrons. The molecule has 4 rings (SSSR count). The maximum atomic E-state index is 13.3. The van der Waals surface area contributed by atoms with Crippen molar-refractivity contribution in [2.45, 2.75) is 63.0 Å². The molecule has 0 saturated heterocycles. The van der Waals surface area contributed by atoms with Gasteiger partial charge < -0.3 is 9.64 Å². The molecule has 0 bridgehead atoms. The summed E-state index contributed by atoms with van der Waals surface area (Å²) in [5.41, 5.74) is 3.24. The van der Waals surface area contributed by atoms with Gasteiger partial charge in [-0.1, -0.05) is 42.3 Å². The van der Waals surface area contributed by atoms with Gasteiger partial charge in [0.1, 0.15) is 0 Å². The topological polar surface area (TPSA) is 68.6 Å². The van der Waals surface area contributed by atoms with Crippen LogP contribution in [0.2, 0.25) is 0 Å². The van der Waals surface area contributed by atoms with Gasteiger partial charge >= 0.3 is 6.09 Å². The Labute approximate surface area is 200 Å². The third-order valence-corrected chi connectivity index (χ3v) is 8.01. The smallest absolute Gasteiger partial charge is 0.411 e. The van der Waals surface area contributed by atoms with Crippen LogP contribution in [-0.2, 0) is 27.6 Å². The van der Waals surface area contributed by atoms with Crippen molar-refractivity contribution in [2.75, 3.05) is 6.54 Å². The SMILES string of the molecule is CCCN(C(=O)OC(C)Cl)[C@H]1CCc2ccc3c(ccn3S(=O)(=O)c3ccc(C)cc3)c2C1. The van der Waals surface area contributed by atoms with Crippen LogP contribution in [0.5, 0.6) is 0 Å². The standard InChI is InChI=1S/C25H29ClN2O4S/c1-4-14-27(25(29)32-18(3)26)20-9-7-19-8-12-24-22(23(19)16-20)13-15-28(24)33(30,31)21-10-5-17(2)6-11-21/h5-6,8,10-13,15,18,20H,4,7,9,14,16H2,1-3H3/t18?,20-/m0/s1. The predicted molar refractivity (Wildman–Crippen MR) is 130 cm³/mol. The second kappa shape index (κ2) is 9.39. The van der Waals surface area contributed by atoms with E-state index in [1.807, 2.05) is 32.0 Å². The first-order valence-corrected chi connectivity index (χ1v) is 13.2. The van der Waals surface area contributed by atoms with Crippen LogP contribution in [0.3, 0.4) is 0 Å². The van der Waals surface area contributed by atoms with Crippen molar-refractivity contribution in [3.63, 3.8) is 0 Å². The number of hydrogen-bond acceptors (Lipinski definition) is 4. The molecule has 8 heteroatoms. The largest absolute Gasteiger partial charge is 0.430 e. The molecule has 0 aliphatic heterocycles. The van der Waals surface area contributed by atoms with Gasteiger partial charge in [-0.2, -0.15) is 0 Å². The molecule has 3 aromatic rings. The molecule has 2 aromatic carbocycles. The van der Waals surface area contributed by atoms with Crippen molar-refractivity contribution in [1.82, 2.24) is 8.87 Å². The maximum Gasteiger partial charge on any atom is 0.411 e. The minimum Gasteiger partial charge on any atom is -0.430 e. The van der Waals surface area contributed by atoms with Gasteiger partial charge in [0, 0.05) is 24.2 Å². The Hall–Kier alpha value is -2.51. The molecular weight excluding hydrogens is 460 g/mol. The maximum absolute atomic E-state index is 13.3. The highest BCUT2D eigenvalue weighted by Gasteiger charge is 2.30. The van der Waals surface area contributed by atoms with Gasteiger partial charge in [-0.05, 0) is 74.9 Å². The summed E-state index contributed by atoms with van der Waals surface area (Å²) in [6.07, 6.45) is 4.32. The van der Waals surface area contributed by atoms with Crippen LogP contribution >= 0.6 is 11.6 Å². The molecule has 1 aliphatic rings. The number of aryl methyl sites for hydroxylation is 2. The summed E-state index contributed by atoms with van der Waals surface area (Å²) < 4.78 is 33.3. The number of hydrogen-bond donors (Lipinski definition) is 0. The van der Waals surface area contributed by atoms with Crippen molar-refractivity contribution >= 4 is 38.6 Å². The van der Waals surface area contributed by atoms with Gasteiger partial charge in [0.2, 0.25) is 0 Å². The van der Waals surface area contributed by atoms with E-state index in [4.69, 9.17) is 16.3 Å². The molecule has 0 saturated carbocycles. The monoisotopic (exact) mass is 488 g/mol. The number of alkyl halides is 1. The summed E-state index contributed by atoms with van der Waals surface area (Å²) in [6, 6.07) is 12.6. The molecule has 1 aromatic heterocycles. The zero-order valence-corrected chi connectivity index (χ0v) is 20.7. The highest BCUT2D eigenvalue weighted by atomic mass is 35.5. The minimum atomic E-state index is -3.71. The van der Waals surface area contributed by atoms with Crippen LogP contribution in [0, 0.1) is 6.92 Å². The van der Waals surface area contributed by atoms with E-state index in [2.05, 4.69) is 0 Å². The fourth-order valence-corrected chi connectivity index (χ4v) is 6.03. The minimum absolute atomic E-state index is 0.0250. The Morgan fingerprint density at radius 3 is 2.61 bits per heavy atom. The third kappa shape index (κ3) is 4.62. The first kappa shape index (κ1) is 23.6. The van der Waals surface area contributed by atoms with Crippen LogP contribution < -0.4 is 0 Å². The summed E-state index contributed by atoms with van der Waals surface area (Å²) in [5.74, 6) is 0. The van der Waals surface area contributed by atoms with Crippen LogP contribution in [0.1, 0.15) is 43.4 Å². The lowest BCUT2D eigenvalue weighted by molar-refractivity contribution is 0.0769. The summed E-state index contributed by atoms with van der Waals surface area (Å²) >= 11 is 5.89. The normalized spacial score (nSPS) is 16.9. The number of fused-ring (bicyclic) bond motifs is 3. The Morgan fingerprint density at radius 2 is 1.94 bits per heavy atom. The van der Waals surface area contributed by atoms with Crippen molar-refractivity contribution < 1.29 is 17.9 Å². The lowest BCUT2D eigenvalue weighted by Gasteiger charge is -2.35. The number of benzene rings is 2. The second-order valence-electron chi connectivity index (χ2n) is 8.58. The summed E-state index contributed by atoms with van der Waals surface area (Å²) in [4.78, 5) is 14.7. The lowest BCUT2D eigenvalue weighted by Crippen LogP contribution is -2.44. The highest BCUT2D eigenvalue weighted by molar-refractivity contribution is 7.90. The molecule has 1 unspecified atom stereocenters. The van der Waals surface area contributed by atoms with Crippen molar-refractivity contribution in [1.29, 1.82) is 0 Å². The Morgan fingerprint density at radius 1 is 1.21 bits per heavy atom. The van der Waals surface area contributed by atoms with Crippen molar-refractivity contribution in [3.05, 3.63) is 65.4 Å².